The summed E-state index contributed by atoms with van der Waals surface area (Å²) in [4.78, 5) is 12.2. The van der Waals surface area contributed by atoms with E-state index in [0.717, 1.165) is 100 Å². The average molecular weight is 654 g/mol. The van der Waals surface area contributed by atoms with Crippen LogP contribution in [-0.2, 0) is 15.9 Å². The first kappa shape index (κ1) is 29.9. The van der Waals surface area contributed by atoms with Gasteiger partial charge in [0.2, 0.25) is 0 Å². The topological polar surface area (TPSA) is 84.6 Å². The number of hydrogen-bond donors (Lipinski definition) is 3. The Bertz CT molecular complexity index is 1800. The van der Waals surface area contributed by atoms with Gasteiger partial charge in [-0.25, -0.2) is 4.79 Å². The van der Waals surface area contributed by atoms with Crippen molar-refractivity contribution in [2.75, 3.05) is 11.1 Å². The number of nitrogens with two attached hydrogens (primary N) is 1. The number of rotatable bonds is 7. The fourth-order valence-electron chi connectivity index (χ4n) is 7.70. The van der Waals surface area contributed by atoms with E-state index in [1.807, 2.05) is 66.7 Å². The van der Waals surface area contributed by atoms with Crippen molar-refractivity contribution in [2.24, 2.45) is 23.7 Å². The van der Waals surface area contributed by atoms with Gasteiger partial charge in [-0.05, 0) is 134 Å². The number of fused-ring (bicyclic) bond motifs is 1. The van der Waals surface area contributed by atoms with Crippen LogP contribution < -0.4 is 11.1 Å². The molecule has 4 saturated carbocycles. The van der Waals surface area contributed by atoms with Crippen LogP contribution in [0, 0.1) is 23.7 Å². The molecule has 0 radical (unpaired) electrons. The van der Waals surface area contributed by atoms with E-state index in [2.05, 4.69) is 23.5 Å². The van der Waals surface area contributed by atoms with E-state index in [0.29, 0.717) is 29.4 Å². The molecule has 1 heterocycles. The minimum absolute atomic E-state index is 0.309. The zero-order valence-corrected chi connectivity index (χ0v) is 27.2. The van der Waals surface area contributed by atoms with Crippen LogP contribution >= 0.6 is 23.2 Å². The van der Waals surface area contributed by atoms with Crippen molar-refractivity contribution < 1.29 is 14.6 Å². The number of aliphatic hydroxyl groups is 1. The molecule has 0 aromatic heterocycles. The van der Waals surface area contributed by atoms with Gasteiger partial charge in [0.25, 0.3) is 0 Å². The van der Waals surface area contributed by atoms with E-state index in [4.69, 9.17) is 33.7 Å². The molecule has 4 aromatic carbocycles. The Balaban J connectivity index is 0.000000136. The largest absolute Gasteiger partial charge is 0.437 e. The van der Waals surface area contributed by atoms with Gasteiger partial charge in [-0.1, -0.05) is 59.6 Å². The fourth-order valence-corrected chi connectivity index (χ4v) is 8.08. The van der Waals surface area contributed by atoms with Crippen molar-refractivity contribution in [3.05, 3.63) is 106 Å². The molecule has 4 aliphatic carbocycles. The number of carbonyl (C=O) groups is 1. The van der Waals surface area contributed by atoms with Gasteiger partial charge >= 0.3 is 6.09 Å². The summed E-state index contributed by atoms with van der Waals surface area (Å²) in [5.41, 5.74) is 13.0. The molecule has 1 aliphatic heterocycles. The summed E-state index contributed by atoms with van der Waals surface area (Å²) < 4.78 is 5.99. The van der Waals surface area contributed by atoms with Crippen molar-refractivity contribution >= 4 is 40.7 Å². The molecule has 236 valence electrons. The van der Waals surface area contributed by atoms with Crippen LogP contribution in [0.25, 0.3) is 22.3 Å². The fraction of sp³-hybridized carbons (Fsp3) is 0.359. The van der Waals surface area contributed by atoms with Gasteiger partial charge in [-0.15, -0.1) is 0 Å². The molecule has 5 nitrogen and oxygen atoms in total. The highest BCUT2D eigenvalue weighted by atomic mass is 35.5. The quantitative estimate of drug-likeness (QED) is 0.173. The first-order valence-corrected chi connectivity index (χ1v) is 17.3. The number of nitrogen functional groups attached to an aromatic ring is 1. The first-order valence-electron chi connectivity index (χ1n) is 16.5. The van der Waals surface area contributed by atoms with Gasteiger partial charge in [0, 0.05) is 38.7 Å². The number of cyclic esters (lactones) is 1. The molecular weight excluding hydrogens is 615 g/mol. The second-order valence-corrected chi connectivity index (χ2v) is 14.7. The van der Waals surface area contributed by atoms with Gasteiger partial charge in [-0.3, -0.25) is 5.32 Å². The summed E-state index contributed by atoms with van der Waals surface area (Å²) in [6.07, 6.45) is 8.69. The zero-order valence-electron chi connectivity index (χ0n) is 25.6. The van der Waals surface area contributed by atoms with Crippen LogP contribution in [0.5, 0.6) is 0 Å². The Morgan fingerprint density at radius 3 is 1.76 bits per heavy atom. The highest BCUT2D eigenvalue weighted by Crippen LogP contribution is 2.62. The lowest BCUT2D eigenvalue weighted by Gasteiger charge is -2.39. The monoisotopic (exact) mass is 652 g/mol. The Morgan fingerprint density at radius 2 is 1.24 bits per heavy atom. The summed E-state index contributed by atoms with van der Waals surface area (Å²) in [5.74, 6) is 1.67. The number of hydrogen-bond acceptors (Lipinski definition) is 4. The van der Waals surface area contributed by atoms with Crippen molar-refractivity contribution in [1.82, 2.24) is 0 Å². The normalized spacial score (nSPS) is 20.1. The van der Waals surface area contributed by atoms with E-state index in [1.54, 1.807) is 0 Å². The molecule has 1 amide bonds. The van der Waals surface area contributed by atoms with Gasteiger partial charge in [0.15, 0.2) is 0 Å². The zero-order chi connectivity index (χ0) is 31.6. The second-order valence-electron chi connectivity index (χ2n) is 13.8. The lowest BCUT2D eigenvalue weighted by atomic mass is 9.80. The highest BCUT2D eigenvalue weighted by molar-refractivity contribution is 6.31. The second kappa shape index (κ2) is 11.3. The van der Waals surface area contributed by atoms with E-state index in [1.165, 1.54) is 0 Å². The number of nitrogens with one attached hydrogen (secondary N) is 1. The summed E-state index contributed by atoms with van der Waals surface area (Å²) in [6.45, 7) is 0. The summed E-state index contributed by atoms with van der Waals surface area (Å²) in [6, 6.07) is 27.9. The summed E-state index contributed by atoms with van der Waals surface area (Å²) >= 11 is 12.3. The number of ether oxygens (including phenoxy) is 1. The van der Waals surface area contributed by atoms with Crippen LogP contribution in [0.15, 0.2) is 84.9 Å². The average Bonchev–Trinajstić information content (AvgIpc) is 3.87. The summed E-state index contributed by atoms with van der Waals surface area (Å²) in [5, 5.41) is 15.7. The van der Waals surface area contributed by atoms with Gasteiger partial charge in [-0.2, -0.15) is 0 Å². The minimum atomic E-state index is -0.737. The van der Waals surface area contributed by atoms with Crippen LogP contribution in [-0.4, -0.2) is 11.2 Å². The number of anilines is 2. The molecule has 9 rings (SSSR count). The molecule has 46 heavy (non-hydrogen) atoms. The Hall–Kier alpha value is -3.51. The van der Waals surface area contributed by atoms with Crippen molar-refractivity contribution in [3.63, 3.8) is 0 Å². The van der Waals surface area contributed by atoms with Crippen molar-refractivity contribution in [3.8, 4) is 22.3 Å². The van der Waals surface area contributed by atoms with E-state index >= 15 is 0 Å². The lowest BCUT2D eigenvalue weighted by Crippen LogP contribution is -2.43. The number of carbonyl (C=O) groups excluding carboxylic acids is 1. The van der Waals surface area contributed by atoms with Crippen molar-refractivity contribution in [1.29, 1.82) is 0 Å². The maximum Gasteiger partial charge on any atom is 0.412 e. The predicted molar refractivity (Wildman–Crippen MR) is 185 cm³/mol. The molecule has 0 bridgehead atoms. The van der Waals surface area contributed by atoms with Crippen molar-refractivity contribution in [2.45, 2.75) is 62.6 Å². The minimum Gasteiger partial charge on any atom is -0.437 e. The highest BCUT2D eigenvalue weighted by Gasteiger charge is 2.60. The number of benzene rings is 4. The van der Waals surface area contributed by atoms with E-state index in [9.17, 15) is 9.90 Å². The van der Waals surface area contributed by atoms with Gasteiger partial charge in [0.05, 0.1) is 11.3 Å². The Labute approximate surface area is 280 Å². The SMILES string of the molecule is Nc1ccc(-c2cccc(Cl)c2)cc1C(O)(C1CC1)C1CC1.O=C1Nc2ccc(-c3cccc(Cl)c3)cc2C(C2CC2)(C2CC2)O1. The number of halogens is 2. The third-order valence-corrected chi connectivity index (χ3v) is 11.0. The third kappa shape index (κ3) is 5.46. The molecule has 4 fully saturated rings. The molecule has 0 saturated heterocycles. The Morgan fingerprint density at radius 1 is 0.717 bits per heavy atom. The van der Waals surface area contributed by atoms with Gasteiger partial charge < -0.3 is 15.6 Å². The third-order valence-electron chi connectivity index (χ3n) is 10.5. The number of amides is 1. The molecule has 4 aromatic rings. The van der Waals surface area contributed by atoms with Crippen LogP contribution in [0.2, 0.25) is 10.0 Å². The molecule has 4 N–H and O–H groups in total. The maximum atomic E-state index is 12.2. The van der Waals surface area contributed by atoms with E-state index < -0.39 is 11.2 Å². The maximum absolute atomic E-state index is 12.2. The van der Waals surface area contributed by atoms with Crippen LogP contribution in [0.1, 0.15) is 62.5 Å². The van der Waals surface area contributed by atoms with Crippen LogP contribution in [0.4, 0.5) is 16.2 Å². The Kier molecular flexibility index (Phi) is 7.35. The lowest BCUT2D eigenvalue weighted by molar-refractivity contribution is -0.0265. The standard InChI is InChI=1S/C20H18ClNO2.C19H20ClNO/c21-16-3-1-2-12(10-16)13-4-9-18-17(11-13)20(14-5-6-14,15-7-8-15)24-19(23)22-18;20-16-3-1-2-12(10-16)13-4-9-18(21)17(11-13)19(22,14-5-6-14)15-7-8-15/h1-4,9-11,14-15H,5-8H2,(H,22,23);1-4,9-11,14-15,22H,5-8,21H2. The van der Waals surface area contributed by atoms with Gasteiger partial charge in [0.1, 0.15) is 5.60 Å². The first-order chi connectivity index (χ1) is 22.3. The molecular formula is C39H38Cl2N2O3. The molecule has 5 aliphatic rings. The molecule has 7 heteroatoms. The van der Waals surface area contributed by atoms with E-state index in [-0.39, 0.29) is 6.09 Å². The molecule has 0 unspecified atom stereocenters. The van der Waals surface area contributed by atoms with Crippen LogP contribution in [0.3, 0.4) is 0 Å². The molecule has 0 atom stereocenters. The smallest absolute Gasteiger partial charge is 0.412 e. The predicted octanol–water partition coefficient (Wildman–Crippen LogP) is 10.2. The summed E-state index contributed by atoms with van der Waals surface area (Å²) in [7, 11) is 0. The molecule has 0 spiro atoms.